The molecule has 0 radical (unpaired) electrons. The molecular formula is C28H36ClN3O. The van der Waals surface area contributed by atoms with Gasteiger partial charge in [-0.05, 0) is 93.3 Å². The van der Waals surface area contributed by atoms with Crippen LogP contribution in [0.4, 0.5) is 5.69 Å². The summed E-state index contributed by atoms with van der Waals surface area (Å²) in [5.74, 6) is 1.02. The van der Waals surface area contributed by atoms with E-state index >= 15 is 0 Å². The number of hydrogen-bond acceptors (Lipinski definition) is 4. The van der Waals surface area contributed by atoms with E-state index in [0.717, 1.165) is 56.9 Å². The summed E-state index contributed by atoms with van der Waals surface area (Å²) in [5.41, 5.74) is 4.55. The third-order valence-electron chi connectivity index (χ3n) is 7.69. The molecule has 2 fully saturated rings. The third kappa shape index (κ3) is 5.83. The predicted octanol–water partition coefficient (Wildman–Crippen LogP) is 6.58. The number of aryl methyl sites for hydroxylation is 1. The van der Waals surface area contributed by atoms with Gasteiger partial charge in [0.15, 0.2) is 0 Å². The standard InChI is InChI=1S/C28H36ClN3O/c1-21-17-23(20-32-13-4-5-22(32)2)6-9-27(21)33-16-12-28(3)10-14-31(15-11-28)25-8-7-24(19-30)26(29)18-25/h6-9,17-18,22H,4-5,10-16,20H2,1-3H3. The van der Waals surface area contributed by atoms with E-state index in [0.29, 0.717) is 16.6 Å². The lowest BCUT2D eigenvalue weighted by atomic mass is 9.78. The molecule has 4 nitrogen and oxygen atoms in total. The van der Waals surface area contributed by atoms with Gasteiger partial charge in [-0.3, -0.25) is 4.90 Å². The van der Waals surface area contributed by atoms with Gasteiger partial charge >= 0.3 is 0 Å². The minimum Gasteiger partial charge on any atom is -0.493 e. The molecule has 2 heterocycles. The fraction of sp³-hybridized carbons (Fsp3) is 0.536. The molecule has 176 valence electrons. The lowest BCUT2D eigenvalue weighted by molar-refractivity contribution is 0.175. The molecule has 2 saturated heterocycles. The van der Waals surface area contributed by atoms with Crippen LogP contribution in [0.1, 0.15) is 62.6 Å². The maximum atomic E-state index is 9.09. The quantitative estimate of drug-likeness (QED) is 0.463. The zero-order valence-electron chi connectivity index (χ0n) is 20.2. The molecule has 0 N–H and O–H groups in total. The number of ether oxygens (including phenoxy) is 1. The van der Waals surface area contributed by atoms with E-state index in [2.05, 4.69) is 54.8 Å². The number of nitrogens with zero attached hydrogens (tertiary/aromatic N) is 3. The molecule has 0 aromatic heterocycles. The lowest BCUT2D eigenvalue weighted by Gasteiger charge is -2.40. The van der Waals surface area contributed by atoms with Crippen LogP contribution >= 0.6 is 11.6 Å². The van der Waals surface area contributed by atoms with Crippen molar-refractivity contribution in [1.29, 1.82) is 5.26 Å². The maximum absolute atomic E-state index is 9.09. The highest BCUT2D eigenvalue weighted by Gasteiger charge is 2.30. The molecule has 0 saturated carbocycles. The summed E-state index contributed by atoms with van der Waals surface area (Å²) in [4.78, 5) is 4.95. The van der Waals surface area contributed by atoms with E-state index in [1.165, 1.54) is 30.5 Å². The summed E-state index contributed by atoms with van der Waals surface area (Å²) in [6.45, 7) is 11.9. The topological polar surface area (TPSA) is 39.5 Å². The maximum Gasteiger partial charge on any atom is 0.122 e. The Morgan fingerprint density at radius 3 is 2.58 bits per heavy atom. The molecule has 4 rings (SSSR count). The Morgan fingerprint density at radius 1 is 1.15 bits per heavy atom. The van der Waals surface area contributed by atoms with Crippen LogP contribution in [0.25, 0.3) is 0 Å². The summed E-state index contributed by atoms with van der Waals surface area (Å²) in [6, 6.07) is 15.3. The first kappa shape index (κ1) is 23.9. The monoisotopic (exact) mass is 465 g/mol. The summed E-state index contributed by atoms with van der Waals surface area (Å²) >= 11 is 6.23. The van der Waals surface area contributed by atoms with Gasteiger partial charge in [0.25, 0.3) is 0 Å². The highest BCUT2D eigenvalue weighted by atomic mass is 35.5. The average Bonchev–Trinajstić information content (AvgIpc) is 3.20. The van der Waals surface area contributed by atoms with Crippen molar-refractivity contribution in [2.24, 2.45) is 5.41 Å². The largest absolute Gasteiger partial charge is 0.493 e. The van der Waals surface area contributed by atoms with Crippen LogP contribution in [-0.2, 0) is 6.54 Å². The zero-order chi connectivity index (χ0) is 23.4. The Bertz CT molecular complexity index is 1010. The number of rotatable bonds is 7. The number of halogens is 1. The van der Waals surface area contributed by atoms with Gasteiger partial charge in [0, 0.05) is 31.4 Å². The van der Waals surface area contributed by atoms with E-state index in [1.54, 1.807) is 0 Å². The van der Waals surface area contributed by atoms with E-state index in [9.17, 15) is 0 Å². The van der Waals surface area contributed by atoms with Gasteiger partial charge < -0.3 is 9.64 Å². The van der Waals surface area contributed by atoms with Crippen molar-refractivity contribution in [1.82, 2.24) is 4.90 Å². The van der Waals surface area contributed by atoms with Crippen LogP contribution in [0, 0.1) is 23.7 Å². The second-order valence-electron chi connectivity index (χ2n) is 10.2. The second kappa shape index (κ2) is 10.4. The molecule has 1 unspecified atom stereocenters. The number of hydrogen-bond donors (Lipinski definition) is 0. The van der Waals surface area contributed by atoms with Gasteiger partial charge in [-0.15, -0.1) is 0 Å². The summed E-state index contributed by atoms with van der Waals surface area (Å²) in [6.07, 6.45) is 5.94. The van der Waals surface area contributed by atoms with Crippen LogP contribution in [0.15, 0.2) is 36.4 Å². The highest BCUT2D eigenvalue weighted by Crippen LogP contribution is 2.37. The van der Waals surface area contributed by atoms with Crippen molar-refractivity contribution in [2.45, 2.75) is 65.5 Å². The summed E-state index contributed by atoms with van der Waals surface area (Å²) in [7, 11) is 0. The van der Waals surface area contributed by atoms with Crippen LogP contribution in [-0.4, -0.2) is 37.2 Å². The molecule has 0 bridgehead atoms. The predicted molar refractivity (Wildman–Crippen MR) is 136 cm³/mol. The summed E-state index contributed by atoms with van der Waals surface area (Å²) in [5, 5.41) is 9.62. The number of likely N-dealkylation sites (tertiary alicyclic amines) is 1. The molecule has 5 heteroatoms. The molecule has 2 aromatic carbocycles. The van der Waals surface area contributed by atoms with Crippen molar-refractivity contribution in [2.75, 3.05) is 31.1 Å². The van der Waals surface area contributed by atoms with Gasteiger partial charge in [0.1, 0.15) is 11.8 Å². The second-order valence-corrected chi connectivity index (χ2v) is 10.6. The highest BCUT2D eigenvalue weighted by molar-refractivity contribution is 6.32. The Hall–Kier alpha value is -2.22. The van der Waals surface area contributed by atoms with E-state index in [-0.39, 0.29) is 5.41 Å². The Balaban J connectivity index is 1.26. The van der Waals surface area contributed by atoms with Crippen LogP contribution < -0.4 is 9.64 Å². The number of piperidine rings is 1. The van der Waals surface area contributed by atoms with Crippen LogP contribution in [0.2, 0.25) is 5.02 Å². The van der Waals surface area contributed by atoms with Gasteiger partial charge in [0.2, 0.25) is 0 Å². The first-order valence-corrected chi connectivity index (χ1v) is 12.7. The van der Waals surface area contributed by atoms with Crippen molar-refractivity contribution in [3.05, 3.63) is 58.1 Å². The molecule has 2 aromatic rings. The van der Waals surface area contributed by atoms with E-state index in [4.69, 9.17) is 21.6 Å². The normalized spacial score (nSPS) is 20.6. The van der Waals surface area contributed by atoms with Crippen molar-refractivity contribution in [3.8, 4) is 11.8 Å². The average molecular weight is 466 g/mol. The Morgan fingerprint density at radius 2 is 1.94 bits per heavy atom. The lowest BCUT2D eigenvalue weighted by Crippen LogP contribution is -2.39. The van der Waals surface area contributed by atoms with Crippen molar-refractivity contribution < 1.29 is 4.74 Å². The smallest absolute Gasteiger partial charge is 0.122 e. The first-order valence-electron chi connectivity index (χ1n) is 12.3. The molecule has 2 aliphatic rings. The molecule has 1 atom stereocenters. The van der Waals surface area contributed by atoms with Gasteiger partial charge in [-0.2, -0.15) is 5.26 Å². The number of anilines is 1. The zero-order valence-corrected chi connectivity index (χ0v) is 21.0. The van der Waals surface area contributed by atoms with Crippen molar-refractivity contribution in [3.63, 3.8) is 0 Å². The number of benzene rings is 2. The van der Waals surface area contributed by atoms with Gasteiger partial charge in [0.05, 0.1) is 17.2 Å². The Kier molecular flexibility index (Phi) is 7.51. The first-order chi connectivity index (χ1) is 15.9. The van der Waals surface area contributed by atoms with E-state index in [1.807, 2.05) is 18.2 Å². The fourth-order valence-corrected chi connectivity index (χ4v) is 5.40. The molecule has 0 spiro atoms. The minimum absolute atomic E-state index is 0.284. The van der Waals surface area contributed by atoms with E-state index < -0.39 is 0 Å². The SMILES string of the molecule is Cc1cc(CN2CCCC2C)ccc1OCCC1(C)CCN(c2ccc(C#N)c(Cl)c2)CC1. The fourth-order valence-electron chi connectivity index (χ4n) is 5.19. The molecule has 0 amide bonds. The number of nitriles is 1. The molecular weight excluding hydrogens is 430 g/mol. The van der Waals surface area contributed by atoms with Crippen LogP contribution in [0.3, 0.4) is 0 Å². The molecule has 33 heavy (non-hydrogen) atoms. The molecule has 2 aliphatic heterocycles. The van der Waals surface area contributed by atoms with Gasteiger partial charge in [-0.25, -0.2) is 0 Å². The molecule has 0 aliphatic carbocycles. The van der Waals surface area contributed by atoms with Crippen molar-refractivity contribution >= 4 is 17.3 Å². The Labute approximate surface area is 204 Å². The minimum atomic E-state index is 0.284. The van der Waals surface area contributed by atoms with Gasteiger partial charge in [-0.1, -0.05) is 30.7 Å². The third-order valence-corrected chi connectivity index (χ3v) is 8.00. The van der Waals surface area contributed by atoms with Crippen LogP contribution in [0.5, 0.6) is 5.75 Å². The summed E-state index contributed by atoms with van der Waals surface area (Å²) < 4.78 is 6.23.